The maximum absolute atomic E-state index is 11.7. The summed E-state index contributed by atoms with van der Waals surface area (Å²) in [5, 5.41) is 3.18. The van der Waals surface area contributed by atoms with E-state index >= 15 is 0 Å². The molecule has 0 aromatic rings. The second-order valence-electron chi connectivity index (χ2n) is 5.60. The van der Waals surface area contributed by atoms with Crippen molar-refractivity contribution in [2.24, 2.45) is 11.1 Å². The maximum Gasteiger partial charge on any atom is 0.220 e. The molecule has 0 aromatic carbocycles. The predicted octanol–water partition coefficient (Wildman–Crippen LogP) is 2.20. The van der Waals surface area contributed by atoms with Gasteiger partial charge in [-0.15, -0.1) is 0 Å². The Morgan fingerprint density at radius 2 is 2.12 bits per heavy atom. The van der Waals surface area contributed by atoms with E-state index in [-0.39, 0.29) is 11.3 Å². The normalized spacial score (nSPS) is 23.3. The molecule has 94 valence electrons. The van der Waals surface area contributed by atoms with Crippen molar-refractivity contribution >= 4 is 5.91 Å². The third kappa shape index (κ3) is 4.12. The lowest BCUT2D eigenvalue weighted by Crippen LogP contribution is -2.41. The molecule has 1 aliphatic rings. The fraction of sp³-hybridized carbons (Fsp3) is 0.923. The number of nitrogens with two attached hydrogens (primary N) is 1. The van der Waals surface area contributed by atoms with Crippen LogP contribution in [0.3, 0.4) is 0 Å². The van der Waals surface area contributed by atoms with Gasteiger partial charge in [0.15, 0.2) is 0 Å². The number of carbonyl (C=O) groups is 1. The first-order valence-corrected chi connectivity index (χ1v) is 6.56. The van der Waals surface area contributed by atoms with Gasteiger partial charge in [0.1, 0.15) is 0 Å². The second kappa shape index (κ2) is 6.24. The second-order valence-corrected chi connectivity index (χ2v) is 5.60. The SMILES string of the molecule is CC1(C)CCCC1NC(=O)CCCCCN. The van der Waals surface area contributed by atoms with Crippen molar-refractivity contribution in [3.05, 3.63) is 0 Å². The van der Waals surface area contributed by atoms with Crippen molar-refractivity contribution in [3.63, 3.8) is 0 Å². The van der Waals surface area contributed by atoms with Gasteiger partial charge in [0.25, 0.3) is 0 Å². The maximum atomic E-state index is 11.7. The minimum absolute atomic E-state index is 0.219. The lowest BCUT2D eigenvalue weighted by Gasteiger charge is -2.27. The highest BCUT2D eigenvalue weighted by atomic mass is 16.1. The molecular formula is C13H26N2O. The lowest BCUT2D eigenvalue weighted by molar-refractivity contribution is -0.122. The Kier molecular flexibility index (Phi) is 5.26. The minimum atomic E-state index is 0.219. The molecule has 16 heavy (non-hydrogen) atoms. The fourth-order valence-electron chi connectivity index (χ4n) is 2.47. The summed E-state index contributed by atoms with van der Waals surface area (Å²) >= 11 is 0. The number of nitrogens with one attached hydrogen (secondary N) is 1. The lowest BCUT2D eigenvalue weighted by atomic mass is 9.87. The zero-order chi connectivity index (χ0) is 12.0. The van der Waals surface area contributed by atoms with Gasteiger partial charge in [-0.25, -0.2) is 0 Å². The van der Waals surface area contributed by atoms with E-state index in [0.717, 1.165) is 32.2 Å². The quantitative estimate of drug-likeness (QED) is 0.682. The Balaban J connectivity index is 2.19. The molecule has 1 amide bonds. The van der Waals surface area contributed by atoms with Gasteiger partial charge in [0, 0.05) is 12.5 Å². The number of hydrogen-bond donors (Lipinski definition) is 2. The van der Waals surface area contributed by atoms with Crippen LogP contribution in [0, 0.1) is 5.41 Å². The summed E-state index contributed by atoms with van der Waals surface area (Å²) in [4.78, 5) is 11.7. The van der Waals surface area contributed by atoms with Crippen molar-refractivity contribution in [1.82, 2.24) is 5.32 Å². The predicted molar refractivity (Wildman–Crippen MR) is 67.1 cm³/mol. The average molecular weight is 226 g/mol. The van der Waals surface area contributed by atoms with E-state index in [1.54, 1.807) is 0 Å². The van der Waals surface area contributed by atoms with Gasteiger partial charge in [0.05, 0.1) is 0 Å². The molecule has 3 N–H and O–H groups in total. The van der Waals surface area contributed by atoms with E-state index in [1.165, 1.54) is 12.8 Å². The van der Waals surface area contributed by atoms with Gasteiger partial charge in [-0.3, -0.25) is 4.79 Å². The van der Waals surface area contributed by atoms with Crippen molar-refractivity contribution in [1.29, 1.82) is 0 Å². The van der Waals surface area contributed by atoms with Crippen LogP contribution in [-0.4, -0.2) is 18.5 Å². The molecule has 3 nitrogen and oxygen atoms in total. The third-order valence-electron chi connectivity index (χ3n) is 3.70. The van der Waals surface area contributed by atoms with E-state index in [0.29, 0.717) is 12.5 Å². The largest absolute Gasteiger partial charge is 0.353 e. The summed E-state index contributed by atoms with van der Waals surface area (Å²) in [6.07, 6.45) is 7.33. The molecule has 1 rings (SSSR count). The molecule has 0 aliphatic heterocycles. The van der Waals surface area contributed by atoms with Gasteiger partial charge in [-0.05, 0) is 37.6 Å². The number of rotatable bonds is 6. The van der Waals surface area contributed by atoms with E-state index in [4.69, 9.17) is 5.73 Å². The Hall–Kier alpha value is -0.570. The first-order chi connectivity index (χ1) is 7.56. The van der Waals surface area contributed by atoms with Gasteiger partial charge < -0.3 is 11.1 Å². The van der Waals surface area contributed by atoms with Crippen LogP contribution in [0.15, 0.2) is 0 Å². The first-order valence-electron chi connectivity index (χ1n) is 6.56. The van der Waals surface area contributed by atoms with Crippen LogP contribution >= 0.6 is 0 Å². The standard InChI is InChI=1S/C13H26N2O/c1-13(2)9-6-7-11(13)15-12(16)8-4-3-5-10-14/h11H,3-10,14H2,1-2H3,(H,15,16). The molecule has 1 unspecified atom stereocenters. The smallest absolute Gasteiger partial charge is 0.220 e. The topological polar surface area (TPSA) is 55.1 Å². The van der Waals surface area contributed by atoms with Crippen LogP contribution in [0.1, 0.15) is 58.8 Å². The number of hydrogen-bond acceptors (Lipinski definition) is 2. The van der Waals surface area contributed by atoms with Gasteiger partial charge in [0.2, 0.25) is 5.91 Å². The molecule has 0 spiro atoms. The van der Waals surface area contributed by atoms with E-state index in [9.17, 15) is 4.79 Å². The first kappa shape index (κ1) is 13.5. The van der Waals surface area contributed by atoms with E-state index in [2.05, 4.69) is 19.2 Å². The zero-order valence-electron chi connectivity index (χ0n) is 10.7. The van der Waals surface area contributed by atoms with Gasteiger partial charge in [-0.1, -0.05) is 26.7 Å². The summed E-state index contributed by atoms with van der Waals surface area (Å²) in [7, 11) is 0. The molecule has 1 atom stereocenters. The number of unbranched alkanes of at least 4 members (excludes halogenated alkanes) is 2. The molecule has 0 heterocycles. The molecule has 0 saturated heterocycles. The molecule has 1 aliphatic carbocycles. The molecule has 0 radical (unpaired) electrons. The summed E-state index contributed by atoms with van der Waals surface area (Å²) < 4.78 is 0. The minimum Gasteiger partial charge on any atom is -0.353 e. The highest BCUT2D eigenvalue weighted by Crippen LogP contribution is 2.37. The molecular weight excluding hydrogens is 200 g/mol. The highest BCUT2D eigenvalue weighted by Gasteiger charge is 2.35. The third-order valence-corrected chi connectivity index (χ3v) is 3.70. The molecule has 3 heteroatoms. The Labute approximate surface area is 99.2 Å². The summed E-state index contributed by atoms with van der Waals surface area (Å²) in [5.74, 6) is 0.219. The number of amides is 1. The Morgan fingerprint density at radius 1 is 1.38 bits per heavy atom. The van der Waals surface area contributed by atoms with Crippen molar-refractivity contribution in [3.8, 4) is 0 Å². The average Bonchev–Trinajstić information content (AvgIpc) is 2.53. The van der Waals surface area contributed by atoms with Gasteiger partial charge in [-0.2, -0.15) is 0 Å². The number of carbonyl (C=O) groups excluding carboxylic acids is 1. The molecule has 1 fully saturated rings. The van der Waals surface area contributed by atoms with Crippen LogP contribution < -0.4 is 11.1 Å². The Bertz CT molecular complexity index is 226. The van der Waals surface area contributed by atoms with Crippen LogP contribution in [0.25, 0.3) is 0 Å². The molecule has 1 saturated carbocycles. The van der Waals surface area contributed by atoms with E-state index in [1.807, 2.05) is 0 Å². The highest BCUT2D eigenvalue weighted by molar-refractivity contribution is 5.76. The fourth-order valence-corrected chi connectivity index (χ4v) is 2.47. The van der Waals surface area contributed by atoms with Crippen LogP contribution in [0.2, 0.25) is 0 Å². The van der Waals surface area contributed by atoms with Crippen molar-refractivity contribution in [2.45, 2.75) is 64.8 Å². The van der Waals surface area contributed by atoms with Crippen LogP contribution in [-0.2, 0) is 4.79 Å². The summed E-state index contributed by atoms with van der Waals surface area (Å²) in [5.41, 5.74) is 5.70. The zero-order valence-corrected chi connectivity index (χ0v) is 10.7. The Morgan fingerprint density at radius 3 is 2.69 bits per heavy atom. The van der Waals surface area contributed by atoms with Crippen molar-refractivity contribution < 1.29 is 4.79 Å². The van der Waals surface area contributed by atoms with Crippen LogP contribution in [0.4, 0.5) is 0 Å². The summed E-state index contributed by atoms with van der Waals surface area (Å²) in [6, 6.07) is 0.384. The molecule has 0 bridgehead atoms. The molecule has 0 aromatic heterocycles. The van der Waals surface area contributed by atoms with E-state index < -0.39 is 0 Å². The summed E-state index contributed by atoms with van der Waals surface area (Å²) in [6.45, 7) is 5.23. The van der Waals surface area contributed by atoms with Gasteiger partial charge >= 0.3 is 0 Å². The van der Waals surface area contributed by atoms with Crippen LogP contribution in [0.5, 0.6) is 0 Å². The van der Waals surface area contributed by atoms with Crippen molar-refractivity contribution in [2.75, 3.05) is 6.54 Å². The monoisotopic (exact) mass is 226 g/mol.